The number of ketones is 1. The van der Waals surface area contributed by atoms with Crippen LogP contribution in [0.5, 0.6) is 0 Å². The number of carbonyl (C=O) groups excluding carboxylic acids is 1. The Hall–Kier alpha value is -3.45. The first-order valence-corrected chi connectivity index (χ1v) is 13.5. The number of nitrogens with one attached hydrogen (secondary N) is 2. The zero-order valence-electron chi connectivity index (χ0n) is 23.3. The van der Waals surface area contributed by atoms with Crippen molar-refractivity contribution in [2.75, 3.05) is 13.2 Å². The van der Waals surface area contributed by atoms with E-state index < -0.39 is 52.3 Å². The maximum absolute atomic E-state index is 13.5. The normalized spacial score (nSPS) is 25.6. The van der Waals surface area contributed by atoms with Crippen LogP contribution in [0.1, 0.15) is 62.8 Å². The van der Waals surface area contributed by atoms with Gasteiger partial charge in [0.2, 0.25) is 0 Å². The smallest absolute Gasteiger partial charge is 0.372 e. The second-order valence-electron chi connectivity index (χ2n) is 10.8. The highest BCUT2D eigenvalue weighted by Crippen LogP contribution is 2.43. The molecule has 1 fully saturated rings. The molecule has 7 nitrogen and oxygen atoms in total. The van der Waals surface area contributed by atoms with Gasteiger partial charge in [0.05, 0.1) is 29.4 Å². The van der Waals surface area contributed by atoms with E-state index in [0.717, 1.165) is 5.57 Å². The van der Waals surface area contributed by atoms with Gasteiger partial charge in [0.1, 0.15) is 11.9 Å². The van der Waals surface area contributed by atoms with Gasteiger partial charge in [0, 0.05) is 13.0 Å². The molecular weight excluding hydrogens is 566 g/mol. The molecule has 228 valence electrons. The first-order valence-electron chi connectivity index (χ1n) is 13.5. The van der Waals surface area contributed by atoms with Crippen molar-refractivity contribution in [3.05, 3.63) is 87.7 Å². The lowest BCUT2D eigenvalue weighted by Crippen LogP contribution is -2.68. The third kappa shape index (κ3) is 6.03. The molecule has 0 unspecified atom stereocenters. The molecule has 2 heterocycles. The average Bonchev–Trinajstić information content (AvgIpc) is 3.18. The Kier molecular flexibility index (Phi) is 8.75. The highest BCUT2D eigenvalue weighted by molar-refractivity contribution is 5.87. The molecule has 0 bridgehead atoms. The summed E-state index contributed by atoms with van der Waals surface area (Å²) in [6.45, 7) is 4.81. The van der Waals surface area contributed by atoms with Crippen LogP contribution in [0.25, 0.3) is 0 Å². The quantitative estimate of drug-likeness (QED) is 0.371. The Labute approximate surface area is 238 Å². The standard InChI is InChI=1S/C29H32F6N4O3/c1-4-24(40)26(39-17-37-38-25(39)41)14-18(2)27(36-15-26,21-9-7-5-6-8-10-21)16-42-19(3)20-11-22(28(30,31)32)13-23(12-20)29(33,34)35/h5,7-13,17-19,36H,4,6,14-16H2,1-3H3,(H,38,41)/t18-,19-,26+,27+/m1/s1. The van der Waals surface area contributed by atoms with Gasteiger partial charge in [-0.05, 0) is 55.0 Å². The molecule has 4 atom stereocenters. The summed E-state index contributed by atoms with van der Waals surface area (Å²) in [6, 6.07) is 1.40. The lowest BCUT2D eigenvalue weighted by atomic mass is 9.67. The van der Waals surface area contributed by atoms with Crippen molar-refractivity contribution in [2.45, 2.75) is 69.6 Å². The Morgan fingerprint density at radius 3 is 2.36 bits per heavy atom. The van der Waals surface area contributed by atoms with Gasteiger partial charge in [0.15, 0.2) is 5.78 Å². The van der Waals surface area contributed by atoms with Crippen LogP contribution in [-0.2, 0) is 27.4 Å². The summed E-state index contributed by atoms with van der Waals surface area (Å²) in [6.07, 6.45) is 0.552. The molecule has 0 amide bonds. The molecule has 42 heavy (non-hydrogen) atoms. The number of alkyl halides is 6. The van der Waals surface area contributed by atoms with E-state index in [0.29, 0.717) is 18.6 Å². The number of H-pyrrole nitrogens is 1. The average molecular weight is 599 g/mol. The van der Waals surface area contributed by atoms with Gasteiger partial charge >= 0.3 is 18.0 Å². The molecule has 2 N–H and O–H groups in total. The molecule has 13 heteroatoms. The number of piperidine rings is 1. The molecular formula is C29H32F6N4O3. The number of nitrogens with zero attached hydrogens (tertiary/aromatic N) is 2. The van der Waals surface area contributed by atoms with Gasteiger partial charge in [-0.25, -0.2) is 9.89 Å². The summed E-state index contributed by atoms with van der Waals surface area (Å²) in [4.78, 5) is 25.9. The van der Waals surface area contributed by atoms with E-state index >= 15 is 0 Å². The Bertz CT molecular complexity index is 1420. The zero-order valence-corrected chi connectivity index (χ0v) is 23.3. The SMILES string of the molecule is CCC(=O)[C@@]1(n2cn[nH]c2=O)CN[C@](CO[C@H](C)c2cc(C(F)(F)F)cc(C(F)(F)F)c2)(C2=CC=CCC=C2)[C@H](C)C1. The van der Waals surface area contributed by atoms with Crippen molar-refractivity contribution < 1.29 is 35.9 Å². The number of allylic oxidation sites excluding steroid dienone is 4. The minimum atomic E-state index is -4.99. The molecule has 1 aromatic carbocycles. The first kappa shape index (κ1) is 31.5. The van der Waals surface area contributed by atoms with Gasteiger partial charge in [0.25, 0.3) is 0 Å². The van der Waals surface area contributed by atoms with Crippen molar-refractivity contribution in [1.29, 1.82) is 0 Å². The summed E-state index contributed by atoms with van der Waals surface area (Å²) in [5.41, 5.74) is -5.18. The van der Waals surface area contributed by atoms with E-state index in [-0.39, 0.29) is 43.4 Å². The van der Waals surface area contributed by atoms with E-state index in [9.17, 15) is 35.9 Å². The number of halogens is 6. The summed E-state index contributed by atoms with van der Waals surface area (Å²) in [5.74, 6) is -0.590. The van der Waals surface area contributed by atoms with Crippen molar-refractivity contribution in [2.24, 2.45) is 5.92 Å². The van der Waals surface area contributed by atoms with Crippen LogP contribution in [0.3, 0.4) is 0 Å². The second kappa shape index (κ2) is 11.7. The zero-order chi connectivity index (χ0) is 30.9. The minimum Gasteiger partial charge on any atom is -0.372 e. The van der Waals surface area contributed by atoms with Gasteiger partial charge in [-0.15, -0.1) is 0 Å². The van der Waals surface area contributed by atoms with E-state index in [1.165, 1.54) is 17.8 Å². The molecule has 1 aromatic heterocycles. The Morgan fingerprint density at radius 1 is 1.14 bits per heavy atom. The summed E-state index contributed by atoms with van der Waals surface area (Å²) >= 11 is 0. The number of benzene rings is 1. The number of Topliss-reactive ketones (excluding diaryl/α,β-unsaturated/α-hetero) is 1. The molecule has 0 spiro atoms. The minimum absolute atomic E-state index is 0.0118. The third-order valence-corrected chi connectivity index (χ3v) is 8.17. The Balaban J connectivity index is 1.71. The fraction of sp³-hybridized carbons (Fsp3) is 0.483. The number of ether oxygens (including phenoxy) is 1. The van der Waals surface area contributed by atoms with Crippen molar-refractivity contribution in [1.82, 2.24) is 20.1 Å². The maximum atomic E-state index is 13.5. The van der Waals surface area contributed by atoms with E-state index in [4.69, 9.17) is 4.74 Å². The molecule has 1 aliphatic carbocycles. The van der Waals surface area contributed by atoms with Crippen LogP contribution in [0, 0.1) is 5.92 Å². The van der Waals surface area contributed by atoms with Crippen LogP contribution < -0.4 is 11.0 Å². The van der Waals surface area contributed by atoms with Crippen molar-refractivity contribution >= 4 is 5.78 Å². The summed E-state index contributed by atoms with van der Waals surface area (Å²) in [5, 5.41) is 9.54. The van der Waals surface area contributed by atoms with Crippen molar-refractivity contribution in [3.8, 4) is 0 Å². The lowest BCUT2D eigenvalue weighted by molar-refractivity contribution is -0.143. The molecule has 1 saturated heterocycles. The fourth-order valence-electron chi connectivity index (χ4n) is 5.75. The van der Waals surface area contributed by atoms with E-state index in [2.05, 4.69) is 15.5 Å². The van der Waals surface area contributed by atoms with E-state index in [1.54, 1.807) is 6.92 Å². The molecule has 1 aliphatic heterocycles. The van der Waals surface area contributed by atoms with Gasteiger partial charge in [-0.1, -0.05) is 44.2 Å². The van der Waals surface area contributed by atoms with Crippen LogP contribution in [0.4, 0.5) is 26.3 Å². The monoisotopic (exact) mass is 598 g/mol. The predicted molar refractivity (Wildman–Crippen MR) is 142 cm³/mol. The van der Waals surface area contributed by atoms with Gasteiger partial charge < -0.3 is 10.1 Å². The number of hydrogen-bond acceptors (Lipinski definition) is 5. The number of rotatable bonds is 8. The molecule has 2 aromatic rings. The first-order chi connectivity index (χ1) is 19.6. The topological polar surface area (TPSA) is 89.0 Å². The van der Waals surface area contributed by atoms with Crippen LogP contribution >= 0.6 is 0 Å². The summed E-state index contributed by atoms with van der Waals surface area (Å²) < 4.78 is 88.2. The highest BCUT2D eigenvalue weighted by Gasteiger charge is 2.53. The van der Waals surface area contributed by atoms with Crippen molar-refractivity contribution in [3.63, 3.8) is 0 Å². The second-order valence-corrected chi connectivity index (χ2v) is 10.8. The number of carbonyl (C=O) groups is 1. The van der Waals surface area contributed by atoms with Gasteiger partial charge in [-0.2, -0.15) is 31.4 Å². The number of aromatic nitrogens is 3. The Morgan fingerprint density at radius 2 is 1.81 bits per heavy atom. The molecule has 4 rings (SSSR count). The molecule has 0 saturated carbocycles. The van der Waals surface area contributed by atoms with Crippen LogP contribution in [0.15, 0.2) is 65.3 Å². The van der Waals surface area contributed by atoms with Gasteiger partial charge in [-0.3, -0.25) is 9.36 Å². The number of aromatic amines is 1. The maximum Gasteiger partial charge on any atom is 0.416 e. The molecule has 2 aliphatic rings. The highest BCUT2D eigenvalue weighted by atomic mass is 19.4. The lowest BCUT2D eigenvalue weighted by Gasteiger charge is -2.51. The fourth-order valence-corrected chi connectivity index (χ4v) is 5.75. The van der Waals surface area contributed by atoms with E-state index in [1.807, 2.05) is 37.3 Å². The largest absolute Gasteiger partial charge is 0.416 e. The molecule has 0 radical (unpaired) electrons. The van der Waals surface area contributed by atoms with Crippen LogP contribution in [0.2, 0.25) is 0 Å². The number of hydrogen-bond donors (Lipinski definition) is 2. The summed E-state index contributed by atoms with van der Waals surface area (Å²) in [7, 11) is 0. The van der Waals surface area contributed by atoms with Crippen LogP contribution in [-0.4, -0.2) is 39.2 Å². The third-order valence-electron chi connectivity index (χ3n) is 8.17. The predicted octanol–water partition coefficient (Wildman–Crippen LogP) is 5.87.